The highest BCUT2D eigenvalue weighted by Gasteiger charge is 2.44. The van der Waals surface area contributed by atoms with Gasteiger partial charge in [0.25, 0.3) is 5.91 Å². The molecule has 1 unspecified atom stereocenters. The first kappa shape index (κ1) is 11.0. The molecule has 1 saturated heterocycles. The Labute approximate surface area is 95.3 Å². The van der Waals surface area contributed by atoms with Gasteiger partial charge in [0, 0.05) is 18.4 Å². The van der Waals surface area contributed by atoms with E-state index in [1.807, 2.05) is 0 Å². The highest BCUT2D eigenvalue weighted by Crippen LogP contribution is 2.19. The van der Waals surface area contributed by atoms with Crippen LogP contribution in [0.15, 0.2) is 10.9 Å². The molecular weight excluding hydrogens is 232 g/mol. The summed E-state index contributed by atoms with van der Waals surface area (Å²) in [6, 6.07) is 0. The zero-order valence-corrected chi connectivity index (χ0v) is 9.12. The lowest BCUT2D eigenvalue weighted by atomic mass is 9.99. The fraction of sp³-hybridized carbons (Fsp3) is 0.444. The van der Waals surface area contributed by atoms with Gasteiger partial charge in [0.1, 0.15) is 5.69 Å². The van der Waals surface area contributed by atoms with E-state index in [2.05, 4.69) is 10.3 Å². The molecule has 2 heterocycles. The smallest absolute Gasteiger partial charge is 0.331 e. The Morgan fingerprint density at radius 2 is 2.44 bits per heavy atom. The number of nitrogens with zero attached hydrogens (tertiary/aromatic N) is 1. The molecule has 0 radical (unpaired) electrons. The SMILES string of the molecule is O=C(NC1(C(=O)O)CCOC1)c1cscn1. The monoisotopic (exact) mass is 242 g/mol. The summed E-state index contributed by atoms with van der Waals surface area (Å²) in [5.41, 5.74) is 0.450. The van der Waals surface area contributed by atoms with Gasteiger partial charge in [-0.15, -0.1) is 11.3 Å². The third kappa shape index (κ3) is 1.91. The summed E-state index contributed by atoms with van der Waals surface area (Å²) < 4.78 is 5.03. The summed E-state index contributed by atoms with van der Waals surface area (Å²) in [5.74, 6) is -1.55. The number of carboxylic acid groups (broad SMARTS) is 1. The lowest BCUT2D eigenvalue weighted by molar-refractivity contribution is -0.144. The number of aromatic nitrogens is 1. The molecule has 6 nitrogen and oxygen atoms in total. The van der Waals surface area contributed by atoms with E-state index < -0.39 is 17.4 Å². The zero-order valence-electron chi connectivity index (χ0n) is 8.30. The van der Waals surface area contributed by atoms with Gasteiger partial charge in [-0.1, -0.05) is 0 Å². The number of carbonyl (C=O) groups excluding carboxylic acids is 1. The number of thiazole rings is 1. The van der Waals surface area contributed by atoms with Gasteiger partial charge >= 0.3 is 5.97 Å². The van der Waals surface area contributed by atoms with E-state index in [1.165, 1.54) is 16.8 Å². The van der Waals surface area contributed by atoms with E-state index in [0.29, 0.717) is 6.61 Å². The van der Waals surface area contributed by atoms with Crippen molar-refractivity contribution in [2.24, 2.45) is 0 Å². The van der Waals surface area contributed by atoms with Crippen LogP contribution < -0.4 is 5.32 Å². The molecule has 2 rings (SSSR count). The van der Waals surface area contributed by atoms with Crippen LogP contribution in [0.25, 0.3) is 0 Å². The minimum atomic E-state index is -1.30. The largest absolute Gasteiger partial charge is 0.479 e. The second kappa shape index (κ2) is 4.18. The average Bonchev–Trinajstić information content (AvgIpc) is 2.88. The highest BCUT2D eigenvalue weighted by molar-refractivity contribution is 7.07. The van der Waals surface area contributed by atoms with Crippen molar-refractivity contribution < 1.29 is 19.4 Å². The standard InChI is InChI=1S/C9H10N2O4S/c12-7(6-3-16-5-10-6)11-9(8(13)14)1-2-15-4-9/h3,5H,1-2,4H2,(H,11,12)(H,13,14). The Hall–Kier alpha value is -1.47. The van der Waals surface area contributed by atoms with Gasteiger partial charge in [0.05, 0.1) is 12.1 Å². The molecule has 0 spiro atoms. The van der Waals surface area contributed by atoms with Crippen LogP contribution in [0, 0.1) is 0 Å². The van der Waals surface area contributed by atoms with Crippen molar-refractivity contribution in [2.75, 3.05) is 13.2 Å². The van der Waals surface area contributed by atoms with E-state index in [0.717, 1.165) is 0 Å². The number of carbonyl (C=O) groups is 2. The molecule has 0 aromatic carbocycles. The summed E-state index contributed by atoms with van der Waals surface area (Å²) in [6.45, 7) is 0.335. The van der Waals surface area contributed by atoms with Crippen LogP contribution >= 0.6 is 11.3 Å². The van der Waals surface area contributed by atoms with E-state index in [9.17, 15) is 9.59 Å². The van der Waals surface area contributed by atoms with Crippen LogP contribution in [0.3, 0.4) is 0 Å². The van der Waals surface area contributed by atoms with Gasteiger partial charge in [-0.05, 0) is 0 Å². The lowest BCUT2D eigenvalue weighted by Crippen LogP contribution is -2.55. The van der Waals surface area contributed by atoms with Crippen molar-refractivity contribution in [1.29, 1.82) is 0 Å². The second-order valence-electron chi connectivity index (χ2n) is 3.52. The van der Waals surface area contributed by atoms with Crippen molar-refractivity contribution in [1.82, 2.24) is 10.3 Å². The molecule has 1 aliphatic heterocycles. The molecule has 2 N–H and O–H groups in total. The summed E-state index contributed by atoms with van der Waals surface area (Å²) in [4.78, 5) is 26.6. The van der Waals surface area contributed by atoms with E-state index in [4.69, 9.17) is 9.84 Å². The van der Waals surface area contributed by atoms with E-state index in [1.54, 1.807) is 5.38 Å². The average molecular weight is 242 g/mol. The number of hydrogen-bond donors (Lipinski definition) is 2. The third-order valence-electron chi connectivity index (χ3n) is 2.45. The van der Waals surface area contributed by atoms with Crippen molar-refractivity contribution in [3.8, 4) is 0 Å². The van der Waals surface area contributed by atoms with Crippen LogP contribution in [0.1, 0.15) is 16.9 Å². The van der Waals surface area contributed by atoms with Gasteiger partial charge in [-0.3, -0.25) is 4.79 Å². The van der Waals surface area contributed by atoms with Crippen LogP contribution in [-0.2, 0) is 9.53 Å². The van der Waals surface area contributed by atoms with Crippen molar-refractivity contribution in [2.45, 2.75) is 12.0 Å². The van der Waals surface area contributed by atoms with E-state index >= 15 is 0 Å². The van der Waals surface area contributed by atoms with Gasteiger partial charge in [-0.2, -0.15) is 0 Å². The Balaban J connectivity index is 2.13. The molecule has 86 valence electrons. The normalized spacial score (nSPS) is 24.2. The highest BCUT2D eigenvalue weighted by atomic mass is 32.1. The molecule has 1 aromatic rings. The molecule has 1 aromatic heterocycles. The second-order valence-corrected chi connectivity index (χ2v) is 4.24. The van der Waals surface area contributed by atoms with Gasteiger partial charge in [-0.25, -0.2) is 9.78 Å². The van der Waals surface area contributed by atoms with Gasteiger partial charge < -0.3 is 15.2 Å². The minimum absolute atomic E-state index is 0.00178. The van der Waals surface area contributed by atoms with Gasteiger partial charge in [0.15, 0.2) is 5.54 Å². The number of nitrogens with one attached hydrogen (secondary N) is 1. The Kier molecular flexibility index (Phi) is 2.88. The van der Waals surface area contributed by atoms with Crippen molar-refractivity contribution in [3.05, 3.63) is 16.6 Å². The number of aliphatic carboxylic acids is 1. The number of rotatable bonds is 3. The number of carboxylic acids is 1. The Morgan fingerprint density at radius 1 is 1.62 bits per heavy atom. The molecule has 7 heteroatoms. The molecular formula is C9H10N2O4S. The van der Waals surface area contributed by atoms with Crippen LogP contribution in [0.4, 0.5) is 0 Å². The summed E-state index contributed by atoms with van der Waals surface area (Å²) in [6.07, 6.45) is 0.276. The van der Waals surface area contributed by atoms with Crippen LogP contribution in [-0.4, -0.2) is 40.7 Å². The summed E-state index contributed by atoms with van der Waals surface area (Å²) in [7, 11) is 0. The Morgan fingerprint density at radius 3 is 2.94 bits per heavy atom. The molecule has 1 amide bonds. The first-order valence-electron chi connectivity index (χ1n) is 4.66. The lowest BCUT2D eigenvalue weighted by Gasteiger charge is -2.22. The fourth-order valence-electron chi connectivity index (χ4n) is 1.49. The maximum atomic E-state index is 11.7. The number of amides is 1. The first-order valence-corrected chi connectivity index (χ1v) is 5.60. The maximum Gasteiger partial charge on any atom is 0.331 e. The number of ether oxygens (including phenoxy) is 1. The Bertz CT molecular complexity index is 398. The molecule has 0 aliphatic carbocycles. The summed E-state index contributed by atoms with van der Waals surface area (Å²) >= 11 is 1.28. The van der Waals surface area contributed by atoms with Crippen LogP contribution in [0.2, 0.25) is 0 Å². The molecule has 0 bridgehead atoms. The first-order chi connectivity index (χ1) is 7.64. The van der Waals surface area contributed by atoms with Crippen LogP contribution in [0.5, 0.6) is 0 Å². The maximum absolute atomic E-state index is 11.7. The van der Waals surface area contributed by atoms with Crippen molar-refractivity contribution >= 4 is 23.2 Å². The van der Waals surface area contributed by atoms with Crippen molar-refractivity contribution in [3.63, 3.8) is 0 Å². The predicted octanol–water partition coefficient (Wildman–Crippen LogP) is 0.117. The molecule has 0 saturated carbocycles. The molecule has 16 heavy (non-hydrogen) atoms. The van der Waals surface area contributed by atoms with E-state index in [-0.39, 0.29) is 18.7 Å². The molecule has 1 atom stereocenters. The third-order valence-corrected chi connectivity index (χ3v) is 3.04. The zero-order chi connectivity index (χ0) is 11.6. The van der Waals surface area contributed by atoms with Gasteiger partial charge in [0.2, 0.25) is 0 Å². The topological polar surface area (TPSA) is 88.5 Å². The minimum Gasteiger partial charge on any atom is -0.479 e. The molecule has 1 fully saturated rings. The number of hydrogen-bond acceptors (Lipinski definition) is 5. The quantitative estimate of drug-likeness (QED) is 0.785. The fourth-order valence-corrected chi connectivity index (χ4v) is 2.02. The summed E-state index contributed by atoms with van der Waals surface area (Å²) in [5, 5.41) is 13.1. The predicted molar refractivity (Wildman–Crippen MR) is 55.4 cm³/mol. The molecule has 1 aliphatic rings.